The number of nitrogens with one attached hydrogen (secondary N) is 1. The molecule has 0 amide bonds. The van der Waals surface area contributed by atoms with E-state index in [0.29, 0.717) is 12.0 Å². The molecule has 0 aromatic heterocycles. The first-order chi connectivity index (χ1) is 6.59. The van der Waals surface area contributed by atoms with Gasteiger partial charge in [-0.3, -0.25) is 0 Å². The lowest BCUT2D eigenvalue weighted by Crippen LogP contribution is -2.39. The van der Waals surface area contributed by atoms with Gasteiger partial charge in [0.25, 0.3) is 0 Å². The minimum Gasteiger partial charge on any atom is -0.392 e. The van der Waals surface area contributed by atoms with Crippen molar-refractivity contribution in [1.29, 1.82) is 0 Å². The van der Waals surface area contributed by atoms with Gasteiger partial charge in [-0.1, -0.05) is 33.6 Å². The second kappa shape index (κ2) is 5.72. The van der Waals surface area contributed by atoms with Crippen LogP contribution in [-0.4, -0.2) is 23.8 Å². The van der Waals surface area contributed by atoms with E-state index in [9.17, 15) is 5.11 Å². The Hall–Kier alpha value is -0.0800. The Kier molecular flexibility index (Phi) is 4.90. The van der Waals surface area contributed by atoms with E-state index in [1.54, 1.807) is 0 Å². The van der Waals surface area contributed by atoms with Gasteiger partial charge in [0, 0.05) is 12.6 Å². The lowest BCUT2D eigenvalue weighted by Gasteiger charge is -2.29. The van der Waals surface area contributed by atoms with Crippen molar-refractivity contribution < 1.29 is 5.11 Å². The van der Waals surface area contributed by atoms with Crippen LogP contribution in [0.4, 0.5) is 0 Å². The zero-order chi connectivity index (χ0) is 10.6. The summed E-state index contributed by atoms with van der Waals surface area (Å²) in [7, 11) is 0. The minimum atomic E-state index is -0.188. The Balaban J connectivity index is 2.17. The lowest BCUT2D eigenvalue weighted by molar-refractivity contribution is 0.116. The highest BCUT2D eigenvalue weighted by Crippen LogP contribution is 2.23. The van der Waals surface area contributed by atoms with Crippen LogP contribution in [0.25, 0.3) is 0 Å². The fraction of sp³-hybridized carbons (Fsp3) is 1.00. The van der Waals surface area contributed by atoms with Crippen LogP contribution in [0.15, 0.2) is 0 Å². The molecule has 1 aliphatic rings. The molecule has 0 spiro atoms. The van der Waals surface area contributed by atoms with Crippen LogP contribution >= 0.6 is 0 Å². The number of hydrogen-bond acceptors (Lipinski definition) is 2. The normalized spacial score (nSPS) is 30.6. The minimum absolute atomic E-state index is 0.188. The first-order valence-electron chi connectivity index (χ1n) is 6.01. The Morgan fingerprint density at radius 2 is 2.07 bits per heavy atom. The van der Waals surface area contributed by atoms with Crippen molar-refractivity contribution in [2.45, 2.75) is 58.6 Å². The summed E-state index contributed by atoms with van der Waals surface area (Å²) in [6, 6.07) is 0.646. The maximum atomic E-state index is 9.66. The van der Waals surface area contributed by atoms with Gasteiger partial charge >= 0.3 is 0 Å². The van der Waals surface area contributed by atoms with E-state index in [4.69, 9.17) is 0 Å². The van der Waals surface area contributed by atoms with Crippen molar-refractivity contribution in [2.75, 3.05) is 6.54 Å². The van der Waals surface area contributed by atoms with Gasteiger partial charge in [0.2, 0.25) is 0 Å². The summed E-state index contributed by atoms with van der Waals surface area (Å²) in [5.41, 5.74) is 0. The Morgan fingerprint density at radius 1 is 1.36 bits per heavy atom. The molecular formula is C12H25NO. The van der Waals surface area contributed by atoms with E-state index in [1.807, 2.05) is 0 Å². The quantitative estimate of drug-likeness (QED) is 0.727. The number of aliphatic hydroxyl groups is 1. The highest BCUT2D eigenvalue weighted by Gasteiger charge is 2.19. The molecular weight excluding hydrogens is 174 g/mol. The van der Waals surface area contributed by atoms with Crippen LogP contribution in [0, 0.1) is 11.8 Å². The summed E-state index contributed by atoms with van der Waals surface area (Å²) in [4.78, 5) is 0. The van der Waals surface area contributed by atoms with Gasteiger partial charge in [-0.15, -0.1) is 0 Å². The number of aliphatic hydroxyl groups excluding tert-OH is 1. The Bertz CT molecular complexity index is 158. The van der Waals surface area contributed by atoms with Gasteiger partial charge in [-0.05, 0) is 24.7 Å². The van der Waals surface area contributed by atoms with E-state index in [-0.39, 0.29) is 6.10 Å². The first kappa shape index (κ1) is 12.0. The Labute approximate surface area is 88.1 Å². The summed E-state index contributed by atoms with van der Waals surface area (Å²) in [5, 5.41) is 13.1. The molecule has 14 heavy (non-hydrogen) atoms. The van der Waals surface area contributed by atoms with Gasteiger partial charge in [-0.25, -0.2) is 0 Å². The van der Waals surface area contributed by atoms with E-state index >= 15 is 0 Å². The maximum absolute atomic E-state index is 9.66. The van der Waals surface area contributed by atoms with Crippen molar-refractivity contribution in [3.05, 3.63) is 0 Å². The molecule has 0 aromatic rings. The SMILES string of the molecule is CC1CCCC(NCC(O)C(C)C)C1. The number of rotatable bonds is 4. The van der Waals surface area contributed by atoms with Gasteiger partial charge in [0.15, 0.2) is 0 Å². The highest BCUT2D eigenvalue weighted by atomic mass is 16.3. The molecule has 0 heterocycles. The smallest absolute Gasteiger partial charge is 0.0687 e. The van der Waals surface area contributed by atoms with Crippen LogP contribution < -0.4 is 5.32 Å². The molecule has 0 aliphatic heterocycles. The van der Waals surface area contributed by atoms with E-state index < -0.39 is 0 Å². The van der Waals surface area contributed by atoms with Crippen molar-refractivity contribution >= 4 is 0 Å². The average molecular weight is 199 g/mol. The molecule has 1 rings (SSSR count). The fourth-order valence-corrected chi connectivity index (χ4v) is 2.14. The lowest BCUT2D eigenvalue weighted by atomic mass is 9.87. The van der Waals surface area contributed by atoms with Gasteiger partial charge in [-0.2, -0.15) is 0 Å². The molecule has 0 bridgehead atoms. The van der Waals surface area contributed by atoms with Gasteiger partial charge < -0.3 is 10.4 Å². The highest BCUT2D eigenvalue weighted by molar-refractivity contribution is 4.77. The third-order valence-electron chi connectivity index (χ3n) is 3.32. The molecule has 0 radical (unpaired) electrons. The molecule has 1 aliphatic carbocycles. The van der Waals surface area contributed by atoms with Crippen LogP contribution in [-0.2, 0) is 0 Å². The van der Waals surface area contributed by atoms with Gasteiger partial charge in [0.1, 0.15) is 0 Å². The summed E-state index contributed by atoms with van der Waals surface area (Å²) in [6.07, 6.45) is 5.11. The second-order valence-corrected chi connectivity index (χ2v) is 5.19. The van der Waals surface area contributed by atoms with E-state index in [1.165, 1.54) is 25.7 Å². The van der Waals surface area contributed by atoms with Crippen molar-refractivity contribution in [1.82, 2.24) is 5.32 Å². The maximum Gasteiger partial charge on any atom is 0.0687 e. The van der Waals surface area contributed by atoms with E-state index in [2.05, 4.69) is 26.1 Å². The summed E-state index contributed by atoms with van der Waals surface area (Å²) < 4.78 is 0. The van der Waals surface area contributed by atoms with Crippen LogP contribution in [0.2, 0.25) is 0 Å². The predicted octanol–water partition coefficient (Wildman–Crippen LogP) is 2.17. The van der Waals surface area contributed by atoms with Crippen molar-refractivity contribution in [3.8, 4) is 0 Å². The topological polar surface area (TPSA) is 32.3 Å². The molecule has 2 N–H and O–H groups in total. The summed E-state index contributed by atoms with van der Waals surface area (Å²) in [6.45, 7) is 7.22. The monoisotopic (exact) mass is 199 g/mol. The molecule has 3 atom stereocenters. The van der Waals surface area contributed by atoms with Crippen LogP contribution in [0.3, 0.4) is 0 Å². The van der Waals surface area contributed by atoms with Crippen LogP contribution in [0.1, 0.15) is 46.5 Å². The largest absolute Gasteiger partial charge is 0.392 e. The summed E-state index contributed by atoms with van der Waals surface area (Å²) in [5.74, 6) is 1.22. The molecule has 84 valence electrons. The Morgan fingerprint density at radius 3 is 2.64 bits per heavy atom. The first-order valence-corrected chi connectivity index (χ1v) is 6.01. The zero-order valence-corrected chi connectivity index (χ0v) is 9.79. The third kappa shape index (κ3) is 3.97. The molecule has 1 saturated carbocycles. The molecule has 1 fully saturated rings. The summed E-state index contributed by atoms with van der Waals surface area (Å²) >= 11 is 0. The number of hydrogen-bond donors (Lipinski definition) is 2. The van der Waals surface area contributed by atoms with Gasteiger partial charge in [0.05, 0.1) is 6.10 Å². The standard InChI is InChI=1S/C12H25NO/c1-9(2)12(14)8-13-11-6-4-5-10(3)7-11/h9-14H,4-8H2,1-3H3. The van der Waals surface area contributed by atoms with E-state index in [0.717, 1.165) is 12.5 Å². The van der Waals surface area contributed by atoms with Crippen molar-refractivity contribution in [3.63, 3.8) is 0 Å². The molecule has 2 heteroatoms. The third-order valence-corrected chi connectivity index (χ3v) is 3.32. The second-order valence-electron chi connectivity index (χ2n) is 5.19. The zero-order valence-electron chi connectivity index (χ0n) is 9.79. The average Bonchev–Trinajstić information content (AvgIpc) is 2.14. The fourth-order valence-electron chi connectivity index (χ4n) is 2.14. The molecule has 3 unspecified atom stereocenters. The molecule has 0 saturated heterocycles. The van der Waals surface area contributed by atoms with Crippen LogP contribution in [0.5, 0.6) is 0 Å². The molecule has 0 aromatic carbocycles. The molecule has 2 nitrogen and oxygen atoms in total. The van der Waals surface area contributed by atoms with Crippen molar-refractivity contribution in [2.24, 2.45) is 11.8 Å². The predicted molar refractivity (Wildman–Crippen MR) is 60.3 cm³/mol.